The van der Waals surface area contributed by atoms with Gasteiger partial charge in [-0.3, -0.25) is 14.7 Å². The Morgan fingerprint density at radius 1 is 0.839 bits per heavy atom. The van der Waals surface area contributed by atoms with E-state index in [2.05, 4.69) is 39.0 Å². The summed E-state index contributed by atoms with van der Waals surface area (Å²) in [6.07, 6.45) is -3.76. The van der Waals surface area contributed by atoms with Crippen molar-refractivity contribution in [2.24, 2.45) is 0 Å². The Labute approximate surface area is 180 Å². The van der Waals surface area contributed by atoms with E-state index in [-0.39, 0.29) is 11.6 Å². The predicted octanol–water partition coefficient (Wildman–Crippen LogP) is 3.21. The number of β-amino-alcohol motifs (C(OH)–C–C–N with tert-alkyl or cyclic N) is 1. The van der Waals surface area contributed by atoms with E-state index in [1.54, 1.807) is 12.1 Å². The second kappa shape index (κ2) is 7.89. The highest BCUT2D eigenvalue weighted by molar-refractivity contribution is 5.25. The standard InChI is InChI=1S/C24H28F3N3O/c25-24(26,27)20-8-6-19(7-9-20)12-29-16-23(17-29)15-28(11-18-4-2-1-3-5-18)13-21-10-22(31)14-30(21)23/h1-9,21-22,31H,10-17H2/t21-,22+/m0/s1. The molecule has 2 aromatic rings. The molecule has 1 spiro atoms. The average molecular weight is 432 g/mol. The first-order valence-electron chi connectivity index (χ1n) is 10.9. The van der Waals surface area contributed by atoms with Crippen molar-refractivity contribution in [1.29, 1.82) is 0 Å². The normalized spacial score (nSPS) is 26.7. The lowest BCUT2D eigenvalue weighted by molar-refractivity contribution is -0.137. The molecule has 31 heavy (non-hydrogen) atoms. The minimum Gasteiger partial charge on any atom is -0.392 e. The number of rotatable bonds is 4. The van der Waals surface area contributed by atoms with Crippen LogP contribution in [0.5, 0.6) is 0 Å². The molecule has 2 aromatic carbocycles. The zero-order valence-corrected chi connectivity index (χ0v) is 17.4. The molecule has 0 bridgehead atoms. The molecule has 7 heteroatoms. The van der Waals surface area contributed by atoms with Gasteiger partial charge >= 0.3 is 6.18 Å². The van der Waals surface area contributed by atoms with Gasteiger partial charge in [0.1, 0.15) is 0 Å². The van der Waals surface area contributed by atoms with Gasteiger partial charge in [-0.05, 0) is 29.7 Å². The summed E-state index contributed by atoms with van der Waals surface area (Å²) in [5, 5.41) is 10.3. The number of halogens is 3. The number of piperazine rings is 1. The van der Waals surface area contributed by atoms with E-state index in [9.17, 15) is 18.3 Å². The van der Waals surface area contributed by atoms with Crippen LogP contribution in [-0.2, 0) is 19.3 Å². The van der Waals surface area contributed by atoms with Crippen molar-refractivity contribution < 1.29 is 18.3 Å². The summed E-state index contributed by atoms with van der Waals surface area (Å²) in [5.41, 5.74) is 1.61. The first-order chi connectivity index (χ1) is 14.8. The van der Waals surface area contributed by atoms with E-state index < -0.39 is 11.7 Å². The van der Waals surface area contributed by atoms with Crippen LogP contribution in [0.2, 0.25) is 0 Å². The van der Waals surface area contributed by atoms with Gasteiger partial charge in [-0.25, -0.2) is 0 Å². The highest BCUT2D eigenvalue weighted by atomic mass is 19.4. The molecule has 3 fully saturated rings. The van der Waals surface area contributed by atoms with Crippen LogP contribution in [0, 0.1) is 0 Å². The van der Waals surface area contributed by atoms with Crippen molar-refractivity contribution in [3.8, 4) is 0 Å². The van der Waals surface area contributed by atoms with Crippen molar-refractivity contribution in [1.82, 2.24) is 14.7 Å². The Morgan fingerprint density at radius 3 is 2.13 bits per heavy atom. The molecule has 0 aliphatic carbocycles. The lowest BCUT2D eigenvalue weighted by atomic mass is 9.83. The van der Waals surface area contributed by atoms with E-state index in [0.717, 1.165) is 51.3 Å². The number of likely N-dealkylation sites (tertiary alicyclic amines) is 1. The van der Waals surface area contributed by atoms with Crippen molar-refractivity contribution in [2.45, 2.75) is 43.4 Å². The number of nitrogens with zero attached hydrogens (tertiary/aromatic N) is 3. The molecule has 0 aromatic heterocycles. The number of aliphatic hydroxyl groups is 1. The van der Waals surface area contributed by atoms with E-state index in [0.29, 0.717) is 12.6 Å². The summed E-state index contributed by atoms with van der Waals surface area (Å²) in [4.78, 5) is 7.31. The largest absolute Gasteiger partial charge is 0.416 e. The summed E-state index contributed by atoms with van der Waals surface area (Å²) in [5.74, 6) is 0. The Morgan fingerprint density at radius 2 is 1.45 bits per heavy atom. The molecule has 0 amide bonds. The Kier molecular flexibility index (Phi) is 5.33. The van der Waals surface area contributed by atoms with Crippen molar-refractivity contribution >= 4 is 0 Å². The van der Waals surface area contributed by atoms with E-state index in [1.807, 2.05) is 6.07 Å². The number of aliphatic hydroxyl groups excluding tert-OH is 1. The highest BCUT2D eigenvalue weighted by Crippen LogP contribution is 2.40. The van der Waals surface area contributed by atoms with Gasteiger partial charge in [0.05, 0.1) is 17.2 Å². The number of alkyl halides is 3. The molecule has 3 aliphatic rings. The fraction of sp³-hybridized carbons (Fsp3) is 0.500. The minimum absolute atomic E-state index is 0.0150. The molecular formula is C24H28F3N3O. The van der Waals surface area contributed by atoms with Crippen LogP contribution in [0.25, 0.3) is 0 Å². The second-order valence-corrected chi connectivity index (χ2v) is 9.42. The fourth-order valence-electron chi connectivity index (χ4n) is 5.71. The van der Waals surface area contributed by atoms with E-state index in [1.165, 1.54) is 17.7 Å². The first-order valence-corrected chi connectivity index (χ1v) is 10.9. The van der Waals surface area contributed by atoms with Gasteiger partial charge in [0, 0.05) is 51.9 Å². The summed E-state index contributed by atoms with van der Waals surface area (Å²) in [7, 11) is 0. The minimum atomic E-state index is -4.30. The van der Waals surface area contributed by atoms with Crippen LogP contribution in [0.1, 0.15) is 23.1 Å². The fourth-order valence-corrected chi connectivity index (χ4v) is 5.71. The Bertz CT molecular complexity index is 897. The van der Waals surface area contributed by atoms with E-state index in [4.69, 9.17) is 0 Å². The third kappa shape index (κ3) is 4.24. The predicted molar refractivity (Wildman–Crippen MR) is 112 cm³/mol. The third-order valence-corrected chi connectivity index (χ3v) is 6.96. The summed E-state index contributed by atoms with van der Waals surface area (Å²) in [6, 6.07) is 16.3. The molecule has 5 rings (SSSR count). The number of fused-ring (bicyclic) bond motifs is 2. The van der Waals surface area contributed by atoms with Gasteiger partial charge < -0.3 is 5.11 Å². The maximum atomic E-state index is 12.8. The van der Waals surface area contributed by atoms with Crippen LogP contribution in [0.3, 0.4) is 0 Å². The van der Waals surface area contributed by atoms with Crippen LogP contribution in [0.15, 0.2) is 54.6 Å². The quantitative estimate of drug-likeness (QED) is 0.805. The Hall–Kier alpha value is -1.93. The average Bonchev–Trinajstić information content (AvgIpc) is 3.08. The van der Waals surface area contributed by atoms with Gasteiger partial charge in [0.2, 0.25) is 0 Å². The SMILES string of the molecule is O[C@@H]1C[C@H]2CN(Cc3ccccc3)CC3(CN(Cc4ccc(C(F)(F)F)cc4)C3)N2C1. The van der Waals surface area contributed by atoms with E-state index >= 15 is 0 Å². The lowest BCUT2D eigenvalue weighted by Crippen LogP contribution is -2.77. The second-order valence-electron chi connectivity index (χ2n) is 9.42. The van der Waals surface area contributed by atoms with Crippen LogP contribution >= 0.6 is 0 Å². The molecule has 166 valence electrons. The summed E-state index contributed by atoms with van der Waals surface area (Å²) >= 11 is 0. The van der Waals surface area contributed by atoms with Gasteiger partial charge in [0.25, 0.3) is 0 Å². The molecular weight excluding hydrogens is 403 g/mol. The maximum Gasteiger partial charge on any atom is 0.416 e. The van der Waals surface area contributed by atoms with Crippen molar-refractivity contribution in [3.05, 3.63) is 71.3 Å². The van der Waals surface area contributed by atoms with Gasteiger partial charge in [-0.15, -0.1) is 0 Å². The van der Waals surface area contributed by atoms with Gasteiger partial charge in [-0.1, -0.05) is 42.5 Å². The lowest BCUT2D eigenvalue weighted by Gasteiger charge is -2.61. The highest BCUT2D eigenvalue weighted by Gasteiger charge is 2.55. The molecule has 0 radical (unpaired) electrons. The Balaban J connectivity index is 1.26. The molecule has 3 heterocycles. The van der Waals surface area contributed by atoms with Crippen LogP contribution in [0.4, 0.5) is 13.2 Å². The number of hydrogen-bond donors (Lipinski definition) is 1. The van der Waals surface area contributed by atoms with Crippen molar-refractivity contribution in [2.75, 3.05) is 32.7 Å². The number of benzene rings is 2. The molecule has 2 atom stereocenters. The monoisotopic (exact) mass is 431 g/mol. The smallest absolute Gasteiger partial charge is 0.392 e. The summed E-state index contributed by atoms with van der Waals surface area (Å²) < 4.78 is 38.4. The molecule has 3 saturated heterocycles. The third-order valence-electron chi connectivity index (χ3n) is 6.96. The molecule has 3 aliphatic heterocycles. The van der Waals surface area contributed by atoms with Crippen molar-refractivity contribution in [3.63, 3.8) is 0 Å². The topological polar surface area (TPSA) is 30.0 Å². The molecule has 1 N–H and O–H groups in total. The maximum absolute atomic E-state index is 12.8. The number of hydrogen-bond acceptors (Lipinski definition) is 4. The zero-order valence-electron chi connectivity index (χ0n) is 17.4. The van der Waals surface area contributed by atoms with Gasteiger partial charge in [-0.2, -0.15) is 13.2 Å². The molecule has 0 unspecified atom stereocenters. The molecule has 4 nitrogen and oxygen atoms in total. The van der Waals surface area contributed by atoms with Crippen LogP contribution in [-0.4, -0.2) is 70.2 Å². The molecule has 0 saturated carbocycles. The zero-order chi connectivity index (χ0) is 21.6. The van der Waals surface area contributed by atoms with Crippen LogP contribution < -0.4 is 0 Å². The first kappa shape index (κ1) is 20.9. The summed E-state index contributed by atoms with van der Waals surface area (Å²) in [6.45, 7) is 5.95. The van der Waals surface area contributed by atoms with Gasteiger partial charge in [0.15, 0.2) is 0 Å².